The molecule has 1 heterocycles. The van der Waals surface area contributed by atoms with Crippen LogP contribution in [0.15, 0.2) is 18.2 Å². The first-order valence-corrected chi connectivity index (χ1v) is 8.78. The third kappa shape index (κ3) is 5.39. The molecule has 1 aromatic rings. The van der Waals surface area contributed by atoms with Crippen molar-refractivity contribution in [2.24, 2.45) is 0 Å². The van der Waals surface area contributed by atoms with Crippen molar-refractivity contribution in [2.45, 2.75) is 50.7 Å². The summed E-state index contributed by atoms with van der Waals surface area (Å²) in [6, 6.07) is 2.92. The van der Waals surface area contributed by atoms with Gasteiger partial charge in [0.1, 0.15) is 16.4 Å². The first kappa shape index (κ1) is 18.6. The molecule has 1 N–H and O–H groups in total. The summed E-state index contributed by atoms with van der Waals surface area (Å²) in [6.07, 6.45) is 0.677. The Labute approximate surface area is 138 Å². The van der Waals surface area contributed by atoms with Gasteiger partial charge in [0.05, 0.1) is 19.3 Å². The molecule has 1 saturated heterocycles. The van der Waals surface area contributed by atoms with E-state index in [0.717, 1.165) is 6.07 Å². The van der Waals surface area contributed by atoms with Gasteiger partial charge in [-0.3, -0.25) is 0 Å². The minimum atomic E-state index is -1.38. The minimum Gasteiger partial charge on any atom is -0.598 e. The number of hydrogen-bond donors (Lipinski definition) is 1. The third-order valence-electron chi connectivity index (χ3n) is 3.53. The molecule has 0 amide bonds. The van der Waals surface area contributed by atoms with Gasteiger partial charge in [0.15, 0.2) is 6.29 Å². The van der Waals surface area contributed by atoms with Crippen LogP contribution in [-0.4, -0.2) is 28.8 Å². The lowest BCUT2D eigenvalue weighted by Gasteiger charge is -2.28. The van der Waals surface area contributed by atoms with E-state index in [1.807, 2.05) is 20.8 Å². The van der Waals surface area contributed by atoms with E-state index in [2.05, 4.69) is 4.72 Å². The molecule has 2 rings (SSSR count). The lowest BCUT2D eigenvalue weighted by Crippen LogP contribution is -2.41. The van der Waals surface area contributed by atoms with Crippen LogP contribution in [0.2, 0.25) is 0 Å². The van der Waals surface area contributed by atoms with Crippen molar-refractivity contribution >= 4 is 11.4 Å². The van der Waals surface area contributed by atoms with E-state index in [-0.39, 0.29) is 6.29 Å². The van der Waals surface area contributed by atoms with Crippen molar-refractivity contribution in [1.82, 2.24) is 4.72 Å². The van der Waals surface area contributed by atoms with Crippen LogP contribution in [0.4, 0.5) is 8.78 Å². The maximum Gasteiger partial charge on any atom is 0.157 e. The molecule has 1 aromatic carbocycles. The molecule has 0 spiro atoms. The maximum absolute atomic E-state index is 14.1. The molecule has 0 aromatic heterocycles. The molecule has 0 aliphatic carbocycles. The van der Waals surface area contributed by atoms with E-state index in [1.54, 1.807) is 0 Å². The van der Waals surface area contributed by atoms with Crippen LogP contribution in [0.1, 0.15) is 45.2 Å². The standard InChI is InChI=1S/C16H23F2NO3S/c1-16(2,3)23(20)19-14(6-7-15-21-8-9-22-15)12-5-4-11(17)10-13(12)18/h4-5,10,14-15,19H,6-9H2,1-3H3/t14?,23-/m1/s1. The molecule has 23 heavy (non-hydrogen) atoms. The van der Waals surface area contributed by atoms with E-state index in [4.69, 9.17) is 9.47 Å². The Kier molecular flexibility index (Phi) is 6.39. The number of halogens is 2. The summed E-state index contributed by atoms with van der Waals surface area (Å²) < 4.78 is 52.8. The fraction of sp³-hybridized carbons (Fsp3) is 0.625. The zero-order valence-corrected chi connectivity index (χ0v) is 14.4. The highest BCUT2D eigenvalue weighted by molar-refractivity contribution is 7.90. The molecular formula is C16H23F2NO3S. The van der Waals surface area contributed by atoms with E-state index in [9.17, 15) is 13.3 Å². The van der Waals surface area contributed by atoms with Crippen molar-refractivity contribution in [1.29, 1.82) is 0 Å². The summed E-state index contributed by atoms with van der Waals surface area (Å²) in [7, 11) is 0. The summed E-state index contributed by atoms with van der Waals surface area (Å²) in [5.74, 6) is -1.29. The van der Waals surface area contributed by atoms with Crippen LogP contribution in [0.25, 0.3) is 0 Å². The SMILES string of the molecule is CC(C)(C)[S@@+]([O-])NC(CCC1OCCO1)c1ccc(F)cc1F. The first-order chi connectivity index (χ1) is 10.8. The highest BCUT2D eigenvalue weighted by Crippen LogP contribution is 2.27. The molecular weight excluding hydrogens is 324 g/mol. The average molecular weight is 347 g/mol. The predicted octanol–water partition coefficient (Wildman–Crippen LogP) is 3.21. The molecule has 1 fully saturated rings. The number of hydrogen-bond acceptors (Lipinski definition) is 4. The molecule has 1 aliphatic rings. The van der Waals surface area contributed by atoms with Gasteiger partial charge < -0.3 is 14.0 Å². The van der Waals surface area contributed by atoms with Gasteiger partial charge in [0, 0.05) is 29.4 Å². The molecule has 0 bridgehead atoms. The summed E-state index contributed by atoms with van der Waals surface area (Å²) in [4.78, 5) is 0. The first-order valence-electron chi connectivity index (χ1n) is 7.63. The maximum atomic E-state index is 14.1. The second kappa shape index (κ2) is 7.90. The molecule has 0 saturated carbocycles. The molecule has 130 valence electrons. The van der Waals surface area contributed by atoms with Crippen LogP contribution in [-0.2, 0) is 20.8 Å². The van der Waals surface area contributed by atoms with Gasteiger partial charge in [-0.1, -0.05) is 6.07 Å². The Balaban J connectivity index is 2.12. The summed E-state index contributed by atoms with van der Waals surface area (Å²) >= 11 is -1.38. The molecule has 2 atom stereocenters. The lowest BCUT2D eigenvalue weighted by atomic mass is 10.0. The second-order valence-electron chi connectivity index (χ2n) is 6.47. The van der Waals surface area contributed by atoms with Crippen molar-refractivity contribution in [3.05, 3.63) is 35.4 Å². The molecule has 1 aliphatic heterocycles. The Morgan fingerprint density at radius 1 is 1.30 bits per heavy atom. The quantitative estimate of drug-likeness (QED) is 0.803. The van der Waals surface area contributed by atoms with Crippen molar-refractivity contribution in [3.8, 4) is 0 Å². The van der Waals surface area contributed by atoms with Crippen LogP contribution in [0, 0.1) is 11.6 Å². The van der Waals surface area contributed by atoms with Crippen LogP contribution in [0.5, 0.6) is 0 Å². The monoisotopic (exact) mass is 347 g/mol. The smallest absolute Gasteiger partial charge is 0.157 e. The van der Waals surface area contributed by atoms with Crippen molar-refractivity contribution in [2.75, 3.05) is 13.2 Å². The highest BCUT2D eigenvalue weighted by Gasteiger charge is 2.31. The Hall–Kier alpha value is -0.730. The molecule has 7 heteroatoms. The molecule has 1 unspecified atom stereocenters. The van der Waals surface area contributed by atoms with Crippen LogP contribution < -0.4 is 4.72 Å². The zero-order valence-electron chi connectivity index (χ0n) is 13.6. The fourth-order valence-electron chi connectivity index (χ4n) is 2.24. The van der Waals surface area contributed by atoms with Crippen LogP contribution >= 0.6 is 0 Å². The molecule has 0 radical (unpaired) electrons. The Morgan fingerprint density at radius 2 is 1.96 bits per heavy atom. The zero-order chi connectivity index (χ0) is 17.0. The minimum absolute atomic E-state index is 0.294. The summed E-state index contributed by atoms with van der Waals surface area (Å²) in [5.41, 5.74) is 0.294. The largest absolute Gasteiger partial charge is 0.598 e. The van der Waals surface area contributed by atoms with E-state index in [0.29, 0.717) is 31.6 Å². The Morgan fingerprint density at radius 3 is 2.52 bits per heavy atom. The van der Waals surface area contributed by atoms with Gasteiger partial charge in [-0.2, -0.15) is 0 Å². The van der Waals surface area contributed by atoms with E-state index < -0.39 is 33.8 Å². The van der Waals surface area contributed by atoms with Gasteiger partial charge in [-0.25, -0.2) is 8.78 Å². The highest BCUT2D eigenvalue weighted by atomic mass is 32.2. The number of rotatable bonds is 6. The van der Waals surface area contributed by atoms with E-state index in [1.165, 1.54) is 12.1 Å². The van der Waals surface area contributed by atoms with Crippen molar-refractivity contribution in [3.63, 3.8) is 0 Å². The fourth-order valence-corrected chi connectivity index (χ4v) is 3.10. The Bertz CT molecular complexity index is 519. The third-order valence-corrected chi connectivity index (χ3v) is 5.14. The predicted molar refractivity (Wildman–Crippen MR) is 85.1 cm³/mol. The summed E-state index contributed by atoms with van der Waals surface area (Å²) in [5, 5.41) is 0. The van der Waals surface area contributed by atoms with Gasteiger partial charge in [0.2, 0.25) is 0 Å². The average Bonchev–Trinajstić information content (AvgIpc) is 2.96. The number of nitrogens with one attached hydrogen (secondary N) is 1. The van der Waals surface area contributed by atoms with Crippen molar-refractivity contribution < 1.29 is 22.8 Å². The van der Waals surface area contributed by atoms with Gasteiger partial charge >= 0.3 is 0 Å². The molecule has 4 nitrogen and oxygen atoms in total. The van der Waals surface area contributed by atoms with E-state index >= 15 is 0 Å². The van der Waals surface area contributed by atoms with Gasteiger partial charge in [0.25, 0.3) is 0 Å². The van der Waals surface area contributed by atoms with Crippen LogP contribution in [0.3, 0.4) is 0 Å². The normalized spacial score (nSPS) is 19.0. The van der Waals surface area contributed by atoms with Gasteiger partial charge in [-0.05, 0) is 33.3 Å². The van der Waals surface area contributed by atoms with Gasteiger partial charge in [-0.15, -0.1) is 4.72 Å². The number of ether oxygens (including phenoxy) is 2. The number of benzene rings is 1. The topological polar surface area (TPSA) is 53.5 Å². The second-order valence-corrected chi connectivity index (χ2v) is 8.46. The lowest BCUT2D eigenvalue weighted by molar-refractivity contribution is -0.0489. The summed E-state index contributed by atoms with van der Waals surface area (Å²) in [6.45, 7) is 6.58.